The minimum atomic E-state index is -0.353. The smallest absolute Gasteiger partial charge is 0.230 e. The number of nitrogens with zero attached hydrogens (tertiary/aromatic N) is 2. The van der Waals surface area contributed by atoms with Crippen molar-refractivity contribution in [1.82, 2.24) is 10.2 Å². The van der Waals surface area contributed by atoms with Crippen molar-refractivity contribution < 1.29 is 4.79 Å². The van der Waals surface area contributed by atoms with Gasteiger partial charge < -0.3 is 11.1 Å². The fourth-order valence-corrected chi connectivity index (χ4v) is 3.38. The van der Waals surface area contributed by atoms with Gasteiger partial charge >= 0.3 is 0 Å². The number of hydrogen-bond acceptors (Lipinski definition) is 6. The number of rotatable bonds is 5. The number of benzene rings is 1. The summed E-state index contributed by atoms with van der Waals surface area (Å²) in [5, 5.41) is 11.8. The zero-order chi connectivity index (χ0) is 14.7. The molecule has 1 amide bonds. The molecule has 5 nitrogen and oxygen atoms in total. The van der Waals surface area contributed by atoms with Crippen LogP contribution in [0, 0.1) is 13.8 Å². The van der Waals surface area contributed by atoms with Crippen molar-refractivity contribution in [3.05, 3.63) is 29.3 Å². The molecule has 0 bridgehead atoms. The van der Waals surface area contributed by atoms with Gasteiger partial charge in [0.1, 0.15) is 0 Å². The quantitative estimate of drug-likeness (QED) is 0.830. The molecule has 1 atom stereocenters. The number of carbonyl (C=O) groups is 1. The van der Waals surface area contributed by atoms with Crippen molar-refractivity contribution in [3.63, 3.8) is 0 Å². The van der Waals surface area contributed by atoms with Crippen molar-refractivity contribution in [2.75, 3.05) is 5.32 Å². The Kier molecular flexibility index (Phi) is 4.61. The van der Waals surface area contributed by atoms with E-state index in [-0.39, 0.29) is 11.2 Å². The van der Waals surface area contributed by atoms with Crippen LogP contribution in [0.25, 0.3) is 0 Å². The highest BCUT2D eigenvalue weighted by Crippen LogP contribution is 2.31. The van der Waals surface area contributed by atoms with Gasteiger partial charge in [-0.1, -0.05) is 35.2 Å². The lowest BCUT2D eigenvalue weighted by atomic mass is 10.1. The summed E-state index contributed by atoms with van der Waals surface area (Å²) in [5.41, 5.74) is 8.65. The van der Waals surface area contributed by atoms with Gasteiger partial charge in [0.15, 0.2) is 4.34 Å². The third kappa shape index (κ3) is 3.49. The highest BCUT2D eigenvalue weighted by Gasteiger charge is 2.14. The molecule has 0 fully saturated rings. The lowest BCUT2D eigenvalue weighted by Crippen LogP contribution is -2.22. The van der Waals surface area contributed by atoms with Gasteiger partial charge in [0.05, 0.1) is 5.25 Å². The van der Waals surface area contributed by atoms with Crippen molar-refractivity contribution in [2.24, 2.45) is 5.73 Å². The van der Waals surface area contributed by atoms with Crippen molar-refractivity contribution in [3.8, 4) is 0 Å². The maximum atomic E-state index is 11.0. The van der Waals surface area contributed by atoms with Crippen LogP contribution in [-0.4, -0.2) is 21.4 Å². The van der Waals surface area contributed by atoms with E-state index in [1.165, 1.54) is 34.2 Å². The molecule has 0 aliphatic heterocycles. The van der Waals surface area contributed by atoms with Crippen LogP contribution < -0.4 is 11.1 Å². The second-order valence-electron chi connectivity index (χ2n) is 4.41. The van der Waals surface area contributed by atoms with Gasteiger partial charge in [0.25, 0.3) is 0 Å². The molecular weight excluding hydrogens is 292 g/mol. The normalized spacial score (nSPS) is 12.2. The van der Waals surface area contributed by atoms with Crippen LogP contribution in [0.15, 0.2) is 22.5 Å². The van der Waals surface area contributed by atoms with Crippen molar-refractivity contribution in [2.45, 2.75) is 30.4 Å². The van der Waals surface area contributed by atoms with Gasteiger partial charge in [-0.25, -0.2) is 0 Å². The highest BCUT2D eigenvalue weighted by atomic mass is 32.2. The number of anilines is 2. The highest BCUT2D eigenvalue weighted by molar-refractivity contribution is 8.02. The number of primary amides is 1. The predicted octanol–water partition coefficient (Wildman–Crippen LogP) is 2.86. The molecule has 2 aromatic rings. The molecule has 1 aromatic carbocycles. The number of thioether (sulfide) groups is 1. The molecule has 3 N–H and O–H groups in total. The van der Waals surface area contributed by atoms with Gasteiger partial charge in [-0.2, -0.15) is 0 Å². The molecule has 0 spiro atoms. The zero-order valence-corrected chi connectivity index (χ0v) is 13.1. The van der Waals surface area contributed by atoms with Crippen molar-refractivity contribution >= 4 is 39.8 Å². The van der Waals surface area contributed by atoms with E-state index in [1.807, 2.05) is 12.1 Å². The molecule has 0 aliphatic carbocycles. The van der Waals surface area contributed by atoms with E-state index in [4.69, 9.17) is 5.73 Å². The SMILES string of the molecule is Cc1cccc(Nc2nnc(S[C@H](C)C(N)=O)s2)c1C. The molecule has 0 radical (unpaired) electrons. The van der Waals surface area contributed by atoms with Crippen LogP contribution in [0.1, 0.15) is 18.1 Å². The Labute approximate surface area is 126 Å². The van der Waals surface area contributed by atoms with Crippen molar-refractivity contribution in [1.29, 1.82) is 0 Å². The fourth-order valence-electron chi connectivity index (χ4n) is 1.52. The molecule has 0 aliphatic rings. The molecule has 7 heteroatoms. The van der Waals surface area contributed by atoms with Gasteiger partial charge in [-0.15, -0.1) is 10.2 Å². The van der Waals surface area contributed by atoms with E-state index in [0.29, 0.717) is 5.13 Å². The number of nitrogens with one attached hydrogen (secondary N) is 1. The molecule has 20 heavy (non-hydrogen) atoms. The Morgan fingerprint density at radius 3 is 2.85 bits per heavy atom. The standard InChI is InChI=1S/C13H16N4OS2/c1-7-5-4-6-10(8(7)2)15-12-16-17-13(20-12)19-9(3)11(14)18/h4-6,9H,1-3H3,(H2,14,18)(H,15,16)/t9-/m1/s1. The number of carbonyl (C=O) groups excluding carboxylic acids is 1. The summed E-state index contributed by atoms with van der Waals surface area (Å²) in [5.74, 6) is -0.353. The fraction of sp³-hybridized carbons (Fsp3) is 0.308. The average Bonchev–Trinajstić information content (AvgIpc) is 2.82. The largest absolute Gasteiger partial charge is 0.369 e. The maximum absolute atomic E-state index is 11.0. The molecule has 2 rings (SSSR count). The van der Waals surface area contributed by atoms with E-state index in [2.05, 4.69) is 35.4 Å². The van der Waals surface area contributed by atoms with Crippen LogP contribution >= 0.6 is 23.1 Å². The van der Waals surface area contributed by atoms with E-state index in [0.717, 1.165) is 10.0 Å². The number of amides is 1. The first-order valence-electron chi connectivity index (χ1n) is 6.10. The zero-order valence-electron chi connectivity index (χ0n) is 11.5. The summed E-state index contributed by atoms with van der Waals surface area (Å²) in [4.78, 5) is 11.0. The summed E-state index contributed by atoms with van der Waals surface area (Å²) in [7, 11) is 0. The van der Waals surface area contributed by atoms with Crippen LogP contribution in [0.3, 0.4) is 0 Å². The Hall–Kier alpha value is -1.60. The predicted molar refractivity (Wildman–Crippen MR) is 83.6 cm³/mol. The van der Waals surface area contributed by atoms with Crippen LogP contribution in [0.5, 0.6) is 0 Å². The summed E-state index contributed by atoms with van der Waals surface area (Å²) in [6, 6.07) is 6.07. The lowest BCUT2D eigenvalue weighted by molar-refractivity contribution is -0.117. The first-order chi connectivity index (χ1) is 9.47. The first-order valence-corrected chi connectivity index (χ1v) is 7.79. The Morgan fingerprint density at radius 2 is 2.15 bits per heavy atom. The van der Waals surface area contributed by atoms with E-state index >= 15 is 0 Å². The number of nitrogens with two attached hydrogens (primary N) is 1. The van der Waals surface area contributed by atoms with E-state index in [9.17, 15) is 4.79 Å². The molecule has 0 unspecified atom stereocenters. The number of aryl methyl sites for hydroxylation is 1. The molecule has 1 aromatic heterocycles. The average molecular weight is 308 g/mol. The Morgan fingerprint density at radius 1 is 1.40 bits per heavy atom. The summed E-state index contributed by atoms with van der Waals surface area (Å²) < 4.78 is 0.726. The van der Waals surface area contributed by atoms with Crippen LogP contribution in [0.4, 0.5) is 10.8 Å². The molecule has 0 saturated carbocycles. The van der Waals surface area contributed by atoms with Gasteiger partial charge in [0, 0.05) is 5.69 Å². The molecule has 0 saturated heterocycles. The first kappa shape index (κ1) is 14.8. The number of hydrogen-bond donors (Lipinski definition) is 2. The second kappa shape index (κ2) is 6.23. The summed E-state index contributed by atoms with van der Waals surface area (Å²) in [6.07, 6.45) is 0. The number of aromatic nitrogens is 2. The van der Waals surface area contributed by atoms with Crippen LogP contribution in [-0.2, 0) is 4.79 Å². The summed E-state index contributed by atoms with van der Waals surface area (Å²) in [6.45, 7) is 5.88. The summed E-state index contributed by atoms with van der Waals surface area (Å²) >= 11 is 2.73. The van der Waals surface area contributed by atoms with E-state index in [1.54, 1.807) is 6.92 Å². The Bertz CT molecular complexity index is 627. The monoisotopic (exact) mass is 308 g/mol. The van der Waals surface area contributed by atoms with Gasteiger partial charge in [-0.3, -0.25) is 4.79 Å². The molecular formula is C13H16N4OS2. The third-order valence-electron chi connectivity index (χ3n) is 2.93. The molecule has 106 valence electrons. The molecule has 1 heterocycles. The topological polar surface area (TPSA) is 80.9 Å². The van der Waals surface area contributed by atoms with Crippen LogP contribution in [0.2, 0.25) is 0 Å². The van der Waals surface area contributed by atoms with E-state index < -0.39 is 0 Å². The van der Waals surface area contributed by atoms with Gasteiger partial charge in [-0.05, 0) is 38.0 Å². The maximum Gasteiger partial charge on any atom is 0.230 e. The second-order valence-corrected chi connectivity index (χ2v) is 6.97. The Balaban J connectivity index is 2.10. The lowest BCUT2D eigenvalue weighted by Gasteiger charge is -2.08. The minimum Gasteiger partial charge on any atom is -0.369 e. The third-order valence-corrected chi connectivity index (χ3v) is 4.97. The van der Waals surface area contributed by atoms with Gasteiger partial charge in [0.2, 0.25) is 11.0 Å². The minimum absolute atomic E-state index is 0.309.